The maximum absolute atomic E-state index is 4.39. The molecule has 58 heavy (non-hydrogen) atoms. The smallest absolute Gasteiger partial charge is 0.162 e. The van der Waals surface area contributed by atoms with Crippen molar-refractivity contribution in [3.63, 3.8) is 0 Å². The zero-order chi connectivity index (χ0) is 39.3. The highest BCUT2D eigenvalue weighted by Gasteiger charge is 2.24. The molecule has 0 N–H and O–H groups in total. The van der Waals surface area contributed by atoms with Gasteiger partial charge in [0.1, 0.15) is 25.3 Å². The molecule has 0 amide bonds. The minimum atomic E-state index is 0.646. The summed E-state index contributed by atoms with van der Waals surface area (Å²) in [5, 5.41) is 7.22. The maximum atomic E-state index is 4.39. The lowest BCUT2D eigenvalue weighted by atomic mass is 9.91. The summed E-state index contributed by atoms with van der Waals surface area (Å²) in [6, 6.07) is 48.2. The number of aryl methyl sites for hydroxylation is 4. The Bertz CT molecular complexity index is 2840. The van der Waals surface area contributed by atoms with Crippen LogP contribution in [-0.4, -0.2) is 29.9 Å². The topological polar surface area (TPSA) is 83.8 Å². The van der Waals surface area contributed by atoms with Gasteiger partial charge < -0.3 is 9.80 Å². The molecule has 0 saturated heterocycles. The lowest BCUT2D eigenvalue weighted by molar-refractivity contribution is 1.06. The van der Waals surface area contributed by atoms with Gasteiger partial charge in [-0.1, -0.05) is 72.8 Å². The summed E-state index contributed by atoms with van der Waals surface area (Å²) in [5.41, 5.74) is 13.3. The zero-order valence-corrected chi connectivity index (χ0v) is 32.6. The quantitative estimate of drug-likeness (QED) is 0.142. The van der Waals surface area contributed by atoms with Crippen LogP contribution in [0.15, 0.2) is 159 Å². The van der Waals surface area contributed by atoms with Gasteiger partial charge in [0.15, 0.2) is 11.6 Å². The van der Waals surface area contributed by atoms with Gasteiger partial charge in [-0.15, -0.1) is 0 Å². The summed E-state index contributed by atoms with van der Waals surface area (Å²) in [7, 11) is 0. The minimum Gasteiger partial charge on any atom is -0.309 e. The molecule has 2 heterocycles. The Labute approximate surface area is 336 Å². The van der Waals surface area contributed by atoms with Crippen molar-refractivity contribution in [2.75, 3.05) is 9.80 Å². The molecule has 8 nitrogen and oxygen atoms in total. The van der Waals surface area contributed by atoms with E-state index in [4.69, 9.17) is 0 Å². The molecule has 0 bridgehead atoms. The van der Waals surface area contributed by atoms with Gasteiger partial charge >= 0.3 is 0 Å². The molecule has 0 aliphatic carbocycles. The molecule has 8 aromatic carbocycles. The zero-order valence-electron chi connectivity index (χ0n) is 32.6. The first kappa shape index (κ1) is 34.9. The van der Waals surface area contributed by atoms with Crippen molar-refractivity contribution >= 4 is 66.4 Å². The molecule has 10 rings (SSSR count). The number of nitrogens with zero attached hydrogens (tertiary/aromatic N) is 8. The molecule has 0 radical (unpaired) electrons. The van der Waals surface area contributed by atoms with Gasteiger partial charge in [-0.3, -0.25) is 0 Å². The number of para-hydroxylation sites is 2. The normalized spacial score (nSPS) is 11.4. The SMILES string of the molecule is Cc1cccc(C)c1N(c1ccc(-c2ncncn2)cc1)c1ccc2ccc3c(N(c4ccc(-c5ncncn5)cc4)c4c(C)cccc4C)ccc4ccc1c2c43. The van der Waals surface area contributed by atoms with Gasteiger partial charge in [0.2, 0.25) is 0 Å². The van der Waals surface area contributed by atoms with Gasteiger partial charge in [0, 0.05) is 33.3 Å². The average Bonchev–Trinajstić information content (AvgIpc) is 3.26. The standard InChI is InChI=1S/C50H38N8/c1-31-7-5-8-32(2)47(31)57(39-19-11-37(12-20-39)49-53-27-51-28-54-49)43-25-17-35-16-24-42-44(26-18-36-15-23-41(43)45(35)46(36)42)58(48-33(3)9-6-10-34(48)4)40-21-13-38(14-22-40)50-55-29-52-30-56-50/h5-30H,1-4H3. The van der Waals surface area contributed by atoms with Crippen LogP contribution in [0.3, 0.4) is 0 Å². The average molecular weight is 751 g/mol. The van der Waals surface area contributed by atoms with E-state index >= 15 is 0 Å². The minimum absolute atomic E-state index is 0.646. The summed E-state index contributed by atoms with van der Waals surface area (Å²) in [6.45, 7) is 8.76. The molecular formula is C50H38N8. The van der Waals surface area contributed by atoms with Crippen molar-refractivity contribution in [3.8, 4) is 22.8 Å². The molecule has 0 unspecified atom stereocenters. The maximum Gasteiger partial charge on any atom is 0.162 e. The van der Waals surface area contributed by atoms with Crippen LogP contribution in [0, 0.1) is 27.7 Å². The fraction of sp³-hybridized carbons (Fsp3) is 0.0800. The highest BCUT2D eigenvalue weighted by atomic mass is 15.2. The number of hydrogen-bond donors (Lipinski definition) is 0. The van der Waals surface area contributed by atoms with E-state index in [-0.39, 0.29) is 0 Å². The van der Waals surface area contributed by atoms with E-state index in [0.29, 0.717) is 11.6 Å². The summed E-state index contributed by atoms with van der Waals surface area (Å²) < 4.78 is 0. The molecule has 0 aliphatic heterocycles. The first-order valence-electron chi connectivity index (χ1n) is 19.3. The molecule has 0 fully saturated rings. The molecule has 8 heteroatoms. The van der Waals surface area contributed by atoms with E-state index in [0.717, 1.165) is 45.3 Å². The molecular weight excluding hydrogens is 713 g/mol. The lowest BCUT2D eigenvalue weighted by Gasteiger charge is -2.31. The Morgan fingerprint density at radius 2 is 0.707 bits per heavy atom. The van der Waals surface area contributed by atoms with E-state index in [1.165, 1.54) is 79.9 Å². The van der Waals surface area contributed by atoms with Crippen LogP contribution < -0.4 is 9.80 Å². The second-order valence-electron chi connectivity index (χ2n) is 14.8. The van der Waals surface area contributed by atoms with Crippen molar-refractivity contribution in [1.29, 1.82) is 0 Å². The van der Waals surface area contributed by atoms with E-state index in [2.05, 4.69) is 201 Å². The van der Waals surface area contributed by atoms with Crippen molar-refractivity contribution in [3.05, 3.63) is 181 Å². The van der Waals surface area contributed by atoms with E-state index in [1.54, 1.807) is 0 Å². The van der Waals surface area contributed by atoms with Crippen LogP contribution in [-0.2, 0) is 0 Å². The second kappa shape index (κ2) is 14.2. The first-order valence-corrected chi connectivity index (χ1v) is 19.3. The molecule has 10 aromatic rings. The Morgan fingerprint density at radius 3 is 1.07 bits per heavy atom. The molecule has 0 spiro atoms. The van der Waals surface area contributed by atoms with Gasteiger partial charge in [-0.2, -0.15) is 0 Å². The Morgan fingerprint density at radius 1 is 0.362 bits per heavy atom. The first-order chi connectivity index (χ1) is 28.4. The lowest BCUT2D eigenvalue weighted by Crippen LogP contribution is -2.14. The van der Waals surface area contributed by atoms with Crippen LogP contribution in [0.25, 0.3) is 55.1 Å². The van der Waals surface area contributed by atoms with E-state index in [9.17, 15) is 0 Å². The van der Waals surface area contributed by atoms with Gasteiger partial charge in [0.05, 0.1) is 22.7 Å². The van der Waals surface area contributed by atoms with Gasteiger partial charge in [0.25, 0.3) is 0 Å². The van der Waals surface area contributed by atoms with Crippen LogP contribution >= 0.6 is 0 Å². The van der Waals surface area contributed by atoms with Gasteiger partial charge in [-0.25, -0.2) is 29.9 Å². The fourth-order valence-electron chi connectivity index (χ4n) is 8.55. The molecule has 0 aliphatic rings. The van der Waals surface area contributed by atoms with E-state index < -0.39 is 0 Å². The largest absolute Gasteiger partial charge is 0.309 e. The molecule has 0 saturated carbocycles. The highest BCUT2D eigenvalue weighted by Crippen LogP contribution is 2.49. The number of hydrogen-bond acceptors (Lipinski definition) is 8. The van der Waals surface area contributed by atoms with Crippen LogP contribution in [0.2, 0.25) is 0 Å². The summed E-state index contributed by atoms with van der Waals surface area (Å²) in [6.07, 6.45) is 6.13. The highest BCUT2D eigenvalue weighted by molar-refractivity contribution is 6.28. The third-order valence-corrected chi connectivity index (χ3v) is 11.2. The third kappa shape index (κ3) is 5.85. The number of benzene rings is 8. The van der Waals surface area contributed by atoms with Crippen molar-refractivity contribution in [2.45, 2.75) is 27.7 Å². The Kier molecular flexibility index (Phi) is 8.52. The van der Waals surface area contributed by atoms with Crippen LogP contribution in [0.4, 0.5) is 34.1 Å². The predicted octanol–water partition coefficient (Wildman–Crippen LogP) is 12.5. The third-order valence-electron chi connectivity index (χ3n) is 11.2. The Hall–Kier alpha value is -7.58. The van der Waals surface area contributed by atoms with Crippen molar-refractivity contribution < 1.29 is 0 Å². The summed E-state index contributed by atoms with van der Waals surface area (Å²) in [4.78, 5) is 30.4. The van der Waals surface area contributed by atoms with Crippen LogP contribution in [0.1, 0.15) is 22.3 Å². The van der Waals surface area contributed by atoms with Crippen molar-refractivity contribution in [1.82, 2.24) is 29.9 Å². The number of anilines is 6. The van der Waals surface area contributed by atoms with Crippen molar-refractivity contribution in [2.24, 2.45) is 0 Å². The fourth-order valence-corrected chi connectivity index (χ4v) is 8.55. The molecule has 278 valence electrons. The van der Waals surface area contributed by atoms with E-state index in [1.807, 2.05) is 0 Å². The number of rotatable bonds is 8. The molecule has 2 aromatic heterocycles. The monoisotopic (exact) mass is 750 g/mol. The Balaban J connectivity index is 1.19. The van der Waals surface area contributed by atoms with Crippen LogP contribution in [0.5, 0.6) is 0 Å². The summed E-state index contributed by atoms with van der Waals surface area (Å²) >= 11 is 0. The molecule has 0 atom stereocenters. The second-order valence-corrected chi connectivity index (χ2v) is 14.8. The predicted molar refractivity (Wildman–Crippen MR) is 236 cm³/mol. The summed E-state index contributed by atoms with van der Waals surface area (Å²) in [5.74, 6) is 1.29. The van der Waals surface area contributed by atoms with Gasteiger partial charge in [-0.05, 0) is 132 Å². The number of aromatic nitrogens is 6.